The van der Waals surface area contributed by atoms with Gasteiger partial charge in [0.2, 0.25) is 5.75 Å². The van der Waals surface area contributed by atoms with E-state index in [1.807, 2.05) is 27.7 Å². The van der Waals surface area contributed by atoms with E-state index in [2.05, 4.69) is 0 Å². The molecule has 0 saturated carbocycles. The molecular weight excluding hydrogens is 332 g/mol. The summed E-state index contributed by atoms with van der Waals surface area (Å²) in [5.41, 5.74) is 0.0823. The summed E-state index contributed by atoms with van der Waals surface area (Å²) in [7, 11) is 0. The average Bonchev–Trinajstić information content (AvgIpc) is 2.58. The highest BCUT2D eigenvalue weighted by Gasteiger charge is 2.20. The lowest BCUT2D eigenvalue weighted by atomic mass is 10.0. The van der Waals surface area contributed by atoms with Gasteiger partial charge in [0.25, 0.3) is 0 Å². The quantitative estimate of drug-likeness (QED) is 0.427. The van der Waals surface area contributed by atoms with Gasteiger partial charge in [-0.1, -0.05) is 13.3 Å². The largest absolute Gasteiger partial charge is 0.504 e. The van der Waals surface area contributed by atoms with Crippen molar-refractivity contribution in [2.75, 3.05) is 6.61 Å². The number of carbonyl (C=O) groups is 1. The summed E-state index contributed by atoms with van der Waals surface area (Å²) in [4.78, 5) is 12.6. The van der Waals surface area contributed by atoms with Gasteiger partial charge in [0, 0.05) is 5.56 Å². The third-order valence-electron chi connectivity index (χ3n) is 3.65. The Hall–Kier alpha value is -2.69. The molecule has 0 bridgehead atoms. The predicted molar refractivity (Wildman–Crippen MR) is 100 cm³/mol. The maximum Gasteiger partial charge on any atom is 0.201 e. The van der Waals surface area contributed by atoms with Crippen molar-refractivity contribution >= 4 is 5.78 Å². The summed E-state index contributed by atoms with van der Waals surface area (Å²) < 4.78 is 11.2. The number of ether oxygens (including phenoxy) is 2. The summed E-state index contributed by atoms with van der Waals surface area (Å²) in [6, 6.07) is 9.62. The van der Waals surface area contributed by atoms with Crippen LogP contribution in [-0.4, -0.2) is 28.2 Å². The highest BCUT2D eigenvalue weighted by molar-refractivity contribution is 6.11. The summed E-state index contributed by atoms with van der Waals surface area (Å²) in [5, 5.41) is 20.3. The van der Waals surface area contributed by atoms with Crippen LogP contribution in [0.2, 0.25) is 0 Å². The van der Waals surface area contributed by atoms with Crippen molar-refractivity contribution in [2.24, 2.45) is 0 Å². The van der Waals surface area contributed by atoms with Gasteiger partial charge in [0.05, 0.1) is 12.2 Å². The molecule has 5 nitrogen and oxygen atoms in total. The van der Waals surface area contributed by atoms with Crippen LogP contribution < -0.4 is 9.47 Å². The van der Waals surface area contributed by atoms with E-state index in [9.17, 15) is 15.0 Å². The van der Waals surface area contributed by atoms with E-state index in [0.717, 1.165) is 12.8 Å². The molecule has 0 aliphatic heterocycles. The highest BCUT2D eigenvalue weighted by Crippen LogP contribution is 2.39. The zero-order chi connectivity index (χ0) is 19.3. The molecular formula is C21H26O5. The molecule has 0 aliphatic carbocycles. The number of benzene rings is 2. The molecule has 0 saturated heterocycles. The van der Waals surface area contributed by atoms with Crippen LogP contribution in [0.5, 0.6) is 23.0 Å². The minimum Gasteiger partial charge on any atom is -0.504 e. The Balaban J connectivity index is 2.20. The van der Waals surface area contributed by atoms with Crippen LogP contribution in [0.4, 0.5) is 0 Å². The maximum atomic E-state index is 12.6. The second-order valence-corrected chi connectivity index (χ2v) is 7.08. The van der Waals surface area contributed by atoms with Crippen molar-refractivity contribution in [2.45, 2.75) is 46.1 Å². The zero-order valence-electron chi connectivity index (χ0n) is 15.7. The Morgan fingerprint density at radius 1 is 1.00 bits per heavy atom. The van der Waals surface area contributed by atoms with Crippen molar-refractivity contribution in [3.05, 3.63) is 47.5 Å². The van der Waals surface area contributed by atoms with Gasteiger partial charge in [0.1, 0.15) is 11.4 Å². The van der Waals surface area contributed by atoms with Crippen molar-refractivity contribution in [3.8, 4) is 23.0 Å². The minimum atomic E-state index is -0.473. The first kappa shape index (κ1) is 19.6. The molecule has 0 aliphatic rings. The van der Waals surface area contributed by atoms with E-state index in [-0.39, 0.29) is 22.7 Å². The molecule has 0 amide bonds. The number of unbranched alkanes of at least 4 members (excludes halogenated alkanes) is 1. The maximum absolute atomic E-state index is 12.6. The number of phenolic OH excluding ortho intramolecular Hbond substituents is 2. The minimum absolute atomic E-state index is 0.0230. The molecule has 0 unspecified atom stereocenters. The van der Waals surface area contributed by atoms with Gasteiger partial charge in [-0.25, -0.2) is 0 Å². The lowest BCUT2D eigenvalue weighted by Crippen LogP contribution is -2.22. The molecule has 0 atom stereocenters. The fraction of sp³-hybridized carbons (Fsp3) is 0.381. The normalized spacial score (nSPS) is 11.2. The molecule has 2 aromatic rings. The van der Waals surface area contributed by atoms with E-state index in [4.69, 9.17) is 9.47 Å². The smallest absolute Gasteiger partial charge is 0.201 e. The Bertz CT molecular complexity index is 757. The van der Waals surface area contributed by atoms with Crippen molar-refractivity contribution in [1.82, 2.24) is 0 Å². The molecule has 0 spiro atoms. The van der Waals surface area contributed by atoms with E-state index in [1.54, 1.807) is 24.3 Å². The van der Waals surface area contributed by atoms with Crippen LogP contribution in [0.15, 0.2) is 36.4 Å². The number of rotatable bonds is 7. The van der Waals surface area contributed by atoms with Crippen LogP contribution >= 0.6 is 0 Å². The monoisotopic (exact) mass is 358 g/mol. The fourth-order valence-electron chi connectivity index (χ4n) is 2.37. The zero-order valence-corrected chi connectivity index (χ0v) is 15.7. The predicted octanol–water partition coefficient (Wildman–Crippen LogP) is 4.69. The third kappa shape index (κ3) is 4.91. The topological polar surface area (TPSA) is 76.0 Å². The molecule has 2 N–H and O–H groups in total. The Kier molecular flexibility index (Phi) is 6.14. The fourth-order valence-corrected chi connectivity index (χ4v) is 2.37. The third-order valence-corrected chi connectivity index (χ3v) is 3.65. The molecule has 2 rings (SSSR count). The van der Waals surface area contributed by atoms with E-state index in [1.165, 1.54) is 12.1 Å². The Morgan fingerprint density at radius 3 is 2.23 bits per heavy atom. The summed E-state index contributed by atoms with van der Waals surface area (Å²) >= 11 is 0. The lowest BCUT2D eigenvalue weighted by molar-refractivity contribution is 0.103. The van der Waals surface area contributed by atoms with Crippen molar-refractivity contribution in [1.29, 1.82) is 0 Å². The van der Waals surface area contributed by atoms with Crippen LogP contribution in [0.3, 0.4) is 0 Å². The van der Waals surface area contributed by atoms with E-state index < -0.39 is 11.5 Å². The number of hydrogen-bond donors (Lipinski definition) is 2. The first-order valence-electron chi connectivity index (χ1n) is 8.74. The first-order valence-corrected chi connectivity index (χ1v) is 8.74. The molecule has 5 heteroatoms. The molecule has 0 heterocycles. The SMILES string of the molecule is CCCCOc1ccc(C(=O)c2ccc(OC(C)(C)C)cc2)c(O)c1O. The number of carbonyl (C=O) groups excluding carboxylic acids is 1. The van der Waals surface area contributed by atoms with E-state index in [0.29, 0.717) is 17.9 Å². The van der Waals surface area contributed by atoms with Gasteiger partial charge in [-0.2, -0.15) is 0 Å². The van der Waals surface area contributed by atoms with Crippen molar-refractivity contribution < 1.29 is 24.5 Å². The number of aromatic hydroxyl groups is 2. The number of hydrogen-bond acceptors (Lipinski definition) is 5. The standard InChI is InChI=1S/C21H26O5/c1-5-6-13-25-17-12-11-16(19(23)20(17)24)18(22)14-7-9-15(10-8-14)26-21(2,3)4/h7-12,23-24H,5-6,13H2,1-4H3. The van der Waals surface area contributed by atoms with Crippen LogP contribution in [-0.2, 0) is 0 Å². The van der Waals surface area contributed by atoms with Crippen LogP contribution in [0, 0.1) is 0 Å². The summed E-state index contributed by atoms with van der Waals surface area (Å²) in [6.45, 7) is 8.29. The van der Waals surface area contributed by atoms with Crippen molar-refractivity contribution in [3.63, 3.8) is 0 Å². The molecule has 26 heavy (non-hydrogen) atoms. The molecule has 0 aromatic heterocycles. The average molecular weight is 358 g/mol. The van der Waals surface area contributed by atoms with Gasteiger partial charge in [0.15, 0.2) is 17.3 Å². The summed E-state index contributed by atoms with van der Waals surface area (Å²) in [5.74, 6) is -0.457. The number of ketones is 1. The van der Waals surface area contributed by atoms with Crippen LogP contribution in [0.25, 0.3) is 0 Å². The lowest BCUT2D eigenvalue weighted by Gasteiger charge is -2.21. The highest BCUT2D eigenvalue weighted by atomic mass is 16.5. The molecule has 0 radical (unpaired) electrons. The number of phenols is 2. The van der Waals surface area contributed by atoms with Gasteiger partial charge in [-0.3, -0.25) is 4.79 Å². The molecule has 0 fully saturated rings. The van der Waals surface area contributed by atoms with Gasteiger partial charge < -0.3 is 19.7 Å². The Morgan fingerprint density at radius 2 is 1.65 bits per heavy atom. The summed E-state index contributed by atoms with van der Waals surface area (Å²) in [6.07, 6.45) is 1.79. The second kappa shape index (κ2) is 8.13. The molecule has 140 valence electrons. The van der Waals surface area contributed by atoms with Gasteiger partial charge in [-0.05, 0) is 63.6 Å². The van der Waals surface area contributed by atoms with Crippen LogP contribution in [0.1, 0.15) is 56.5 Å². The molecule has 2 aromatic carbocycles. The second-order valence-electron chi connectivity index (χ2n) is 7.08. The first-order chi connectivity index (χ1) is 12.2. The Labute approximate surface area is 154 Å². The van der Waals surface area contributed by atoms with Gasteiger partial charge in [-0.15, -0.1) is 0 Å². The van der Waals surface area contributed by atoms with Gasteiger partial charge >= 0.3 is 0 Å². The van der Waals surface area contributed by atoms with E-state index >= 15 is 0 Å².